The number of piperazine rings is 1. The van der Waals surface area contributed by atoms with E-state index in [4.69, 9.17) is 0 Å². The molecule has 1 amide bonds. The van der Waals surface area contributed by atoms with E-state index in [2.05, 4.69) is 31.9 Å². The first-order valence-corrected chi connectivity index (χ1v) is 12.9. The molecule has 5 aliphatic rings. The molecule has 2 aliphatic carbocycles. The first-order valence-electron chi connectivity index (χ1n) is 12.9. The van der Waals surface area contributed by atoms with Crippen LogP contribution in [0.3, 0.4) is 0 Å². The number of carbonyl (C=O) groups excluding carboxylic acids is 1. The van der Waals surface area contributed by atoms with Crippen molar-refractivity contribution < 1.29 is 9.18 Å². The third-order valence-corrected chi connectivity index (χ3v) is 8.70. The molecule has 1 saturated carbocycles. The molecule has 1 aromatic heterocycles. The summed E-state index contributed by atoms with van der Waals surface area (Å²) in [5.41, 5.74) is 4.44. The molecule has 8 heteroatoms. The summed E-state index contributed by atoms with van der Waals surface area (Å²) >= 11 is 0. The molecule has 0 radical (unpaired) electrons. The zero-order valence-corrected chi connectivity index (χ0v) is 19.6. The number of aromatic nitrogens is 1. The van der Waals surface area contributed by atoms with E-state index in [0.29, 0.717) is 59.9 Å². The maximum atomic E-state index is 15.4. The van der Waals surface area contributed by atoms with Crippen LogP contribution in [0.4, 0.5) is 15.9 Å². The van der Waals surface area contributed by atoms with Crippen LogP contribution in [0.1, 0.15) is 64.2 Å². The molecule has 3 fully saturated rings. The molecule has 3 aliphatic heterocycles. The van der Waals surface area contributed by atoms with Crippen LogP contribution in [-0.4, -0.2) is 48.7 Å². The number of nitrogens with one attached hydrogen (secondary N) is 3. The normalized spacial score (nSPS) is 29.8. The fourth-order valence-corrected chi connectivity index (χ4v) is 6.77. The van der Waals surface area contributed by atoms with Crippen molar-refractivity contribution in [1.82, 2.24) is 15.6 Å². The molecular formula is C27H29FN6O. The molecule has 2 unspecified atom stereocenters. The topological polar surface area (TPSA) is 93.1 Å². The summed E-state index contributed by atoms with van der Waals surface area (Å²) in [5, 5.41) is 20.1. The molecule has 35 heavy (non-hydrogen) atoms. The van der Waals surface area contributed by atoms with E-state index in [1.54, 1.807) is 12.3 Å². The Kier molecular flexibility index (Phi) is 4.78. The van der Waals surface area contributed by atoms with Crippen LogP contribution in [0.25, 0.3) is 0 Å². The van der Waals surface area contributed by atoms with E-state index in [9.17, 15) is 10.1 Å². The van der Waals surface area contributed by atoms with Crippen LogP contribution in [0, 0.1) is 23.1 Å². The lowest BCUT2D eigenvalue weighted by atomic mass is 9.84. The van der Waals surface area contributed by atoms with Crippen molar-refractivity contribution in [3.8, 4) is 6.07 Å². The highest BCUT2D eigenvalue weighted by Gasteiger charge is 2.43. The van der Waals surface area contributed by atoms with Gasteiger partial charge in [-0.15, -0.1) is 0 Å². The van der Waals surface area contributed by atoms with Gasteiger partial charge >= 0.3 is 0 Å². The third kappa shape index (κ3) is 3.56. The monoisotopic (exact) mass is 472 g/mol. The summed E-state index contributed by atoms with van der Waals surface area (Å²) in [6, 6.07) is 6.57. The van der Waals surface area contributed by atoms with Crippen LogP contribution in [-0.2, 0) is 12.8 Å². The van der Waals surface area contributed by atoms with E-state index in [-0.39, 0.29) is 17.8 Å². The van der Waals surface area contributed by atoms with Crippen LogP contribution >= 0.6 is 0 Å². The average Bonchev–Trinajstić information content (AvgIpc) is 3.61. The van der Waals surface area contributed by atoms with Gasteiger partial charge in [0.2, 0.25) is 0 Å². The van der Waals surface area contributed by atoms with Crippen molar-refractivity contribution in [2.75, 3.05) is 29.9 Å². The first kappa shape index (κ1) is 21.1. The molecule has 1 aromatic carbocycles. The summed E-state index contributed by atoms with van der Waals surface area (Å²) in [4.78, 5) is 19.7. The minimum atomic E-state index is -0.264. The van der Waals surface area contributed by atoms with Gasteiger partial charge in [0.25, 0.3) is 5.91 Å². The second-order valence-corrected chi connectivity index (χ2v) is 10.9. The van der Waals surface area contributed by atoms with E-state index in [1.807, 2.05) is 6.07 Å². The Bertz CT molecular complexity index is 1260. The largest absolute Gasteiger partial charge is 0.370 e. The number of hydrogen-bond acceptors (Lipinski definition) is 6. The Labute approximate surface area is 204 Å². The molecule has 5 atom stereocenters. The second kappa shape index (κ2) is 7.92. The van der Waals surface area contributed by atoms with Gasteiger partial charge in [-0.25, -0.2) is 9.37 Å². The number of amides is 1. The molecule has 3 N–H and O–H groups in total. The molecule has 2 saturated heterocycles. The van der Waals surface area contributed by atoms with Crippen LogP contribution in [0.5, 0.6) is 0 Å². The van der Waals surface area contributed by atoms with Crippen molar-refractivity contribution >= 4 is 17.4 Å². The van der Waals surface area contributed by atoms with Crippen molar-refractivity contribution in [3.05, 3.63) is 52.0 Å². The molecule has 7 rings (SSSR count). The molecule has 180 valence electrons. The fourth-order valence-electron chi connectivity index (χ4n) is 6.77. The number of rotatable bonds is 3. The maximum Gasteiger partial charge on any atom is 0.253 e. The summed E-state index contributed by atoms with van der Waals surface area (Å²) in [5.74, 6) is 1.65. The van der Waals surface area contributed by atoms with Crippen LogP contribution < -0.4 is 20.9 Å². The summed E-state index contributed by atoms with van der Waals surface area (Å²) in [6.07, 6.45) is 6.73. The highest BCUT2D eigenvalue weighted by Crippen LogP contribution is 2.52. The number of halogens is 1. The van der Waals surface area contributed by atoms with Gasteiger partial charge in [0.1, 0.15) is 17.7 Å². The third-order valence-electron chi connectivity index (χ3n) is 8.70. The number of nitriles is 1. The number of hydrogen-bond donors (Lipinski definition) is 3. The van der Waals surface area contributed by atoms with Gasteiger partial charge in [0.05, 0.1) is 16.8 Å². The van der Waals surface area contributed by atoms with Crippen molar-refractivity contribution in [1.29, 1.82) is 5.26 Å². The van der Waals surface area contributed by atoms with Crippen molar-refractivity contribution in [3.63, 3.8) is 0 Å². The lowest BCUT2D eigenvalue weighted by Gasteiger charge is -2.36. The smallest absolute Gasteiger partial charge is 0.253 e. The second-order valence-electron chi connectivity index (χ2n) is 10.9. The molecule has 0 spiro atoms. The summed E-state index contributed by atoms with van der Waals surface area (Å²) in [6.45, 7) is 2.59. The van der Waals surface area contributed by atoms with Crippen LogP contribution in [0.2, 0.25) is 0 Å². The minimum Gasteiger partial charge on any atom is -0.370 e. The zero-order valence-electron chi connectivity index (χ0n) is 19.6. The van der Waals surface area contributed by atoms with Crippen molar-refractivity contribution in [2.45, 2.75) is 62.6 Å². The Morgan fingerprint density at radius 2 is 2.03 bits per heavy atom. The number of nitrogens with zero attached hydrogens (tertiary/aromatic N) is 3. The zero-order chi connectivity index (χ0) is 23.7. The van der Waals surface area contributed by atoms with Gasteiger partial charge in [-0.2, -0.15) is 5.26 Å². The highest BCUT2D eigenvalue weighted by atomic mass is 19.1. The first-order chi connectivity index (χ1) is 17.1. The predicted octanol–water partition coefficient (Wildman–Crippen LogP) is 2.85. The van der Waals surface area contributed by atoms with Gasteiger partial charge < -0.3 is 20.9 Å². The van der Waals surface area contributed by atoms with E-state index in [1.165, 1.54) is 0 Å². The van der Waals surface area contributed by atoms with Crippen molar-refractivity contribution in [2.24, 2.45) is 5.92 Å². The van der Waals surface area contributed by atoms with Gasteiger partial charge in [-0.1, -0.05) is 0 Å². The predicted molar refractivity (Wildman–Crippen MR) is 130 cm³/mol. The van der Waals surface area contributed by atoms with Gasteiger partial charge in [-0.05, 0) is 79.2 Å². The van der Waals surface area contributed by atoms with Gasteiger partial charge in [0, 0.05) is 44.0 Å². The maximum absolute atomic E-state index is 15.4. The molecule has 2 bridgehead atoms. The standard InChI is InChI=1S/C27H29FN6O/c28-24-8-25(34-12-17-1-2-18(13-34)32-17)23(9-29)19-4-3-16(7-21(19)24)33-27(35)15-6-22-20-5-14(20)10-30-26(22)31-11-15/h6,8,11,14,16-18,20,32H,1-5,7,10,12-13H2,(H,30,31)(H,33,35)/t14-,16-,17?,18?,20-/m1/s1. The molecule has 7 nitrogen and oxygen atoms in total. The number of carbonyl (C=O) groups is 1. The molecule has 4 heterocycles. The number of anilines is 2. The van der Waals surface area contributed by atoms with Gasteiger partial charge in [0.15, 0.2) is 0 Å². The highest BCUT2D eigenvalue weighted by molar-refractivity contribution is 5.94. The SMILES string of the molecule is N#Cc1c(N2CC3CCC(C2)N3)cc(F)c2c1CC[C@@H](NC(=O)c1cnc3c(c1)[C@@H]1C[C@@H]1CN3)C2. The Morgan fingerprint density at radius 3 is 2.83 bits per heavy atom. The lowest BCUT2D eigenvalue weighted by molar-refractivity contribution is 0.0933. The number of pyridine rings is 1. The summed E-state index contributed by atoms with van der Waals surface area (Å²) in [7, 11) is 0. The fraction of sp³-hybridized carbons (Fsp3) is 0.519. The Balaban J connectivity index is 1.11. The van der Waals surface area contributed by atoms with E-state index >= 15 is 4.39 Å². The average molecular weight is 473 g/mol. The minimum absolute atomic E-state index is 0.162. The lowest BCUT2D eigenvalue weighted by Crippen LogP contribution is -2.51. The molecular weight excluding hydrogens is 443 g/mol. The number of fused-ring (bicyclic) bond motifs is 6. The quantitative estimate of drug-likeness (QED) is 0.636. The summed E-state index contributed by atoms with van der Waals surface area (Å²) < 4.78 is 15.4. The van der Waals surface area contributed by atoms with E-state index < -0.39 is 0 Å². The number of benzene rings is 1. The van der Waals surface area contributed by atoms with E-state index in [0.717, 1.165) is 61.5 Å². The molecule has 2 aromatic rings. The Morgan fingerprint density at radius 1 is 1.20 bits per heavy atom. The Hall–Kier alpha value is -3.18. The van der Waals surface area contributed by atoms with Gasteiger partial charge in [-0.3, -0.25) is 4.79 Å². The van der Waals surface area contributed by atoms with Crippen LogP contribution in [0.15, 0.2) is 18.3 Å².